The molecule has 3 rings (SSSR count). The van der Waals surface area contributed by atoms with Gasteiger partial charge in [0.2, 0.25) is 0 Å². The molecule has 0 atom stereocenters. The van der Waals surface area contributed by atoms with E-state index in [1.165, 1.54) is 23.5 Å². The van der Waals surface area contributed by atoms with E-state index in [1.54, 1.807) is 0 Å². The first-order valence-corrected chi connectivity index (χ1v) is 4.34. The predicted molar refractivity (Wildman–Crippen MR) is 42.7 cm³/mol. The molecular weight excluding hydrogens is 182 g/mol. The Morgan fingerprint density at radius 1 is 0.818 bits per heavy atom. The lowest BCUT2D eigenvalue weighted by Gasteiger charge is -1.66. The molecule has 0 aromatic carbocycles. The van der Waals surface area contributed by atoms with Gasteiger partial charge in [0.05, 0.1) is 23.5 Å². The zero-order valence-corrected chi connectivity index (χ0v) is 6.74. The molecular formula is C4HN5S2. The second kappa shape index (κ2) is 1.74. The minimum absolute atomic E-state index is 0.785. The molecule has 7 heteroatoms. The average Bonchev–Trinajstić information content (AvgIpc) is 2.52. The Hall–Kier alpha value is -1.08. The van der Waals surface area contributed by atoms with Crippen LogP contribution in [0.4, 0.5) is 0 Å². The zero-order valence-electron chi connectivity index (χ0n) is 5.11. The number of rotatable bonds is 0. The first-order chi connectivity index (χ1) is 5.45. The second-order valence-electron chi connectivity index (χ2n) is 2.05. The summed E-state index contributed by atoms with van der Waals surface area (Å²) in [5, 5.41) is 0. The summed E-state index contributed by atoms with van der Waals surface area (Å²) in [5.74, 6) is 0. The third-order valence-electron chi connectivity index (χ3n) is 1.44. The van der Waals surface area contributed by atoms with Crippen LogP contribution in [0, 0.1) is 0 Å². The lowest BCUT2D eigenvalue weighted by Crippen LogP contribution is -1.63. The Morgan fingerprint density at radius 2 is 1.36 bits per heavy atom. The van der Waals surface area contributed by atoms with E-state index in [2.05, 4.69) is 22.5 Å². The number of fused-ring (bicyclic) bond motifs is 3. The summed E-state index contributed by atoms with van der Waals surface area (Å²) in [6.45, 7) is 0. The summed E-state index contributed by atoms with van der Waals surface area (Å²) in [5.41, 5.74) is 3.23. The summed E-state index contributed by atoms with van der Waals surface area (Å²) >= 11 is 2.37. The third-order valence-corrected chi connectivity index (χ3v) is 2.50. The summed E-state index contributed by atoms with van der Waals surface area (Å²) in [4.78, 5) is 3.01. The van der Waals surface area contributed by atoms with Crippen LogP contribution in [0.3, 0.4) is 0 Å². The van der Waals surface area contributed by atoms with E-state index in [0.29, 0.717) is 0 Å². The van der Waals surface area contributed by atoms with Gasteiger partial charge in [-0.25, -0.2) is 0 Å². The van der Waals surface area contributed by atoms with Crippen LogP contribution in [0.15, 0.2) is 0 Å². The van der Waals surface area contributed by atoms with Crippen molar-refractivity contribution in [3.63, 3.8) is 0 Å². The van der Waals surface area contributed by atoms with Crippen LogP contribution in [0.5, 0.6) is 0 Å². The van der Waals surface area contributed by atoms with Gasteiger partial charge in [-0.15, -0.1) is 0 Å². The van der Waals surface area contributed by atoms with Gasteiger partial charge < -0.3 is 4.98 Å². The van der Waals surface area contributed by atoms with Gasteiger partial charge in [-0.2, -0.15) is 17.5 Å². The number of nitrogens with zero attached hydrogens (tertiary/aromatic N) is 4. The van der Waals surface area contributed by atoms with Crippen molar-refractivity contribution in [2.24, 2.45) is 0 Å². The topological polar surface area (TPSA) is 67.3 Å². The molecule has 5 nitrogen and oxygen atoms in total. The normalized spacial score (nSPS) is 11.6. The predicted octanol–water partition coefficient (Wildman–Crippen LogP) is 1.02. The fourth-order valence-corrected chi connectivity index (χ4v) is 1.98. The number of hydrogen-bond donors (Lipinski definition) is 1. The Kier molecular flexibility index (Phi) is 0.880. The van der Waals surface area contributed by atoms with Crippen molar-refractivity contribution in [1.82, 2.24) is 22.5 Å². The van der Waals surface area contributed by atoms with Crippen molar-refractivity contribution in [3.8, 4) is 0 Å². The number of nitrogens with one attached hydrogen (secondary N) is 1. The molecule has 1 N–H and O–H groups in total. The molecule has 0 aliphatic heterocycles. The van der Waals surface area contributed by atoms with Crippen LogP contribution in [-0.4, -0.2) is 22.5 Å². The molecule has 3 aromatic heterocycles. The maximum atomic E-state index is 4.08. The lowest BCUT2D eigenvalue weighted by molar-refractivity contribution is 1.43. The smallest absolute Gasteiger partial charge is 0.175 e. The Bertz CT molecular complexity index is 459. The average molecular weight is 183 g/mol. The van der Waals surface area contributed by atoms with E-state index in [4.69, 9.17) is 0 Å². The summed E-state index contributed by atoms with van der Waals surface area (Å²) in [6.07, 6.45) is 0. The summed E-state index contributed by atoms with van der Waals surface area (Å²) < 4.78 is 16.2. The van der Waals surface area contributed by atoms with Crippen molar-refractivity contribution in [1.29, 1.82) is 0 Å². The van der Waals surface area contributed by atoms with Crippen LogP contribution in [0.1, 0.15) is 0 Å². The quantitative estimate of drug-likeness (QED) is 0.565. The van der Waals surface area contributed by atoms with Crippen LogP contribution in [-0.2, 0) is 0 Å². The number of aromatic amines is 1. The first-order valence-electron chi connectivity index (χ1n) is 2.87. The minimum Gasteiger partial charge on any atom is -0.319 e. The molecule has 3 aromatic rings. The van der Waals surface area contributed by atoms with E-state index in [9.17, 15) is 0 Å². The van der Waals surface area contributed by atoms with Gasteiger partial charge in [-0.1, -0.05) is 0 Å². The van der Waals surface area contributed by atoms with Crippen molar-refractivity contribution in [2.45, 2.75) is 0 Å². The first kappa shape index (κ1) is 5.56. The van der Waals surface area contributed by atoms with E-state index >= 15 is 0 Å². The van der Waals surface area contributed by atoms with E-state index in [1.807, 2.05) is 0 Å². The Balaban J connectivity index is 2.75. The Morgan fingerprint density at radius 3 is 1.91 bits per heavy atom. The number of H-pyrrole nitrogens is 1. The van der Waals surface area contributed by atoms with Gasteiger partial charge in [-0.05, 0) is 0 Å². The van der Waals surface area contributed by atoms with Crippen molar-refractivity contribution in [2.75, 3.05) is 0 Å². The molecule has 3 heterocycles. The molecule has 0 amide bonds. The molecule has 0 unspecified atom stereocenters. The van der Waals surface area contributed by atoms with E-state index in [0.717, 1.165) is 22.3 Å². The Labute approximate surface area is 68.7 Å². The molecule has 0 radical (unpaired) electrons. The van der Waals surface area contributed by atoms with Gasteiger partial charge >= 0.3 is 0 Å². The second-order valence-corrected chi connectivity index (χ2v) is 3.10. The van der Waals surface area contributed by atoms with Crippen LogP contribution < -0.4 is 0 Å². The van der Waals surface area contributed by atoms with Gasteiger partial charge in [0.1, 0.15) is 0 Å². The molecule has 0 saturated heterocycles. The van der Waals surface area contributed by atoms with Crippen molar-refractivity contribution < 1.29 is 0 Å². The molecule has 0 spiro atoms. The highest BCUT2D eigenvalue weighted by Gasteiger charge is 2.10. The van der Waals surface area contributed by atoms with Gasteiger partial charge in [0.15, 0.2) is 22.3 Å². The molecule has 0 aliphatic carbocycles. The molecule has 0 aliphatic rings. The number of aromatic nitrogens is 5. The van der Waals surface area contributed by atoms with Crippen molar-refractivity contribution in [3.05, 3.63) is 0 Å². The third kappa shape index (κ3) is 0.589. The van der Waals surface area contributed by atoms with E-state index in [-0.39, 0.29) is 0 Å². The largest absolute Gasteiger partial charge is 0.319 e. The van der Waals surface area contributed by atoms with Crippen LogP contribution in [0.25, 0.3) is 22.3 Å². The fourth-order valence-electron chi connectivity index (χ4n) is 0.964. The maximum Gasteiger partial charge on any atom is 0.175 e. The van der Waals surface area contributed by atoms with Gasteiger partial charge in [0.25, 0.3) is 0 Å². The van der Waals surface area contributed by atoms with Gasteiger partial charge in [0, 0.05) is 0 Å². The lowest BCUT2D eigenvalue weighted by atomic mass is 10.5. The van der Waals surface area contributed by atoms with E-state index < -0.39 is 0 Å². The van der Waals surface area contributed by atoms with Gasteiger partial charge in [-0.3, -0.25) is 0 Å². The molecule has 0 fully saturated rings. The number of hydrogen-bond acceptors (Lipinski definition) is 6. The molecule has 54 valence electrons. The van der Waals surface area contributed by atoms with Crippen LogP contribution in [0.2, 0.25) is 0 Å². The molecule has 0 bridgehead atoms. The zero-order chi connectivity index (χ0) is 7.26. The fraction of sp³-hybridized carbons (Fsp3) is 0. The highest BCUT2D eigenvalue weighted by atomic mass is 32.1. The highest BCUT2D eigenvalue weighted by molar-refractivity contribution is 7.01. The van der Waals surface area contributed by atoms with Crippen LogP contribution >= 0.6 is 23.5 Å². The highest BCUT2D eigenvalue weighted by Crippen LogP contribution is 2.20. The van der Waals surface area contributed by atoms with Crippen molar-refractivity contribution >= 4 is 45.8 Å². The SMILES string of the molecule is n1snc2c1[nH]c1nsnc12. The maximum absolute atomic E-state index is 4.08. The monoisotopic (exact) mass is 183 g/mol. The molecule has 11 heavy (non-hydrogen) atoms. The minimum atomic E-state index is 0.785. The standard InChI is InChI=1S/C4HN5S2/c5-3-1(6-10-8-3)2-4(5)9-11-7-2/h(H,5,8,9). The summed E-state index contributed by atoms with van der Waals surface area (Å²) in [6, 6.07) is 0. The molecule has 0 saturated carbocycles. The summed E-state index contributed by atoms with van der Waals surface area (Å²) in [7, 11) is 0.